The van der Waals surface area contributed by atoms with E-state index in [1.54, 1.807) is 0 Å². The summed E-state index contributed by atoms with van der Waals surface area (Å²) in [5.74, 6) is 4.73. The molecule has 0 aromatic carbocycles. The topological polar surface area (TPSA) is 17.1 Å². The van der Waals surface area contributed by atoms with Crippen molar-refractivity contribution in [1.82, 2.24) is 0 Å². The molecule has 1 heteroatoms. The predicted molar refractivity (Wildman–Crippen MR) is 62.9 cm³/mol. The van der Waals surface area contributed by atoms with E-state index in [-0.39, 0.29) is 0 Å². The second-order valence-electron chi connectivity index (χ2n) is 7.25. The molecule has 0 aliphatic heterocycles. The lowest BCUT2D eigenvalue weighted by molar-refractivity contribution is -0.164. The monoisotopic (exact) mass is 218 g/mol. The van der Waals surface area contributed by atoms with Crippen LogP contribution in [0.15, 0.2) is 0 Å². The molecule has 16 heavy (non-hydrogen) atoms. The normalized spacial score (nSPS) is 58.8. The van der Waals surface area contributed by atoms with Crippen LogP contribution in [0.4, 0.5) is 0 Å². The molecular weight excluding hydrogens is 196 g/mol. The van der Waals surface area contributed by atoms with Crippen molar-refractivity contribution >= 4 is 5.78 Å². The first kappa shape index (κ1) is 9.67. The highest BCUT2D eigenvalue weighted by Crippen LogP contribution is 2.67. The highest BCUT2D eigenvalue weighted by atomic mass is 16.1. The minimum absolute atomic E-state index is 0.388. The molecule has 5 fully saturated rings. The maximum absolute atomic E-state index is 12.0. The molecule has 5 aliphatic rings. The van der Waals surface area contributed by atoms with Crippen molar-refractivity contribution in [3.8, 4) is 0 Å². The Kier molecular flexibility index (Phi) is 1.76. The largest absolute Gasteiger partial charge is 0.299 e. The molecule has 0 radical (unpaired) electrons. The van der Waals surface area contributed by atoms with Crippen LogP contribution in [0.3, 0.4) is 0 Å². The van der Waals surface area contributed by atoms with E-state index in [1.165, 1.54) is 38.5 Å². The Balaban J connectivity index is 1.76. The third-order valence-corrected chi connectivity index (χ3v) is 6.46. The second-order valence-corrected chi connectivity index (χ2v) is 7.25. The van der Waals surface area contributed by atoms with Gasteiger partial charge in [0.1, 0.15) is 5.78 Å². The molecule has 5 aliphatic carbocycles. The summed E-state index contributed by atoms with van der Waals surface area (Å²) in [7, 11) is 0. The van der Waals surface area contributed by atoms with Gasteiger partial charge in [0.15, 0.2) is 0 Å². The maximum Gasteiger partial charge on any atom is 0.136 e. The molecule has 0 saturated heterocycles. The van der Waals surface area contributed by atoms with Gasteiger partial charge < -0.3 is 0 Å². The highest BCUT2D eigenvalue weighted by molar-refractivity contribution is 5.82. The van der Waals surface area contributed by atoms with E-state index < -0.39 is 0 Å². The average Bonchev–Trinajstić information content (AvgIpc) is 2.22. The van der Waals surface area contributed by atoms with Crippen LogP contribution in [0, 0.1) is 35.0 Å². The van der Waals surface area contributed by atoms with Crippen molar-refractivity contribution in [2.24, 2.45) is 35.0 Å². The van der Waals surface area contributed by atoms with E-state index in [0.717, 1.165) is 30.1 Å². The highest BCUT2D eigenvalue weighted by Gasteiger charge is 2.60. The number of carbonyl (C=O) groups excluding carboxylic acids is 1. The van der Waals surface area contributed by atoms with Gasteiger partial charge in [0.25, 0.3) is 0 Å². The lowest BCUT2D eigenvalue weighted by Crippen LogP contribution is -2.57. The number of hydrogen-bond acceptors (Lipinski definition) is 1. The van der Waals surface area contributed by atoms with Crippen molar-refractivity contribution < 1.29 is 4.79 Å². The van der Waals surface area contributed by atoms with Crippen molar-refractivity contribution in [2.45, 2.75) is 51.9 Å². The van der Waals surface area contributed by atoms with Gasteiger partial charge >= 0.3 is 0 Å². The SMILES string of the molecule is CC1C(=O)CCC23CC4CC(CC(C4)C12)C3. The van der Waals surface area contributed by atoms with E-state index >= 15 is 0 Å². The molecule has 5 rings (SSSR count). The van der Waals surface area contributed by atoms with E-state index in [9.17, 15) is 4.79 Å². The fraction of sp³-hybridized carbons (Fsp3) is 0.933. The Bertz CT molecular complexity index is 331. The third kappa shape index (κ3) is 1.05. The zero-order chi connectivity index (χ0) is 10.9. The van der Waals surface area contributed by atoms with E-state index in [4.69, 9.17) is 0 Å². The molecule has 0 aromatic heterocycles. The molecule has 88 valence electrons. The van der Waals surface area contributed by atoms with Gasteiger partial charge in [0.2, 0.25) is 0 Å². The fourth-order valence-corrected chi connectivity index (χ4v) is 6.36. The fourth-order valence-electron chi connectivity index (χ4n) is 6.36. The molecule has 5 saturated carbocycles. The third-order valence-electron chi connectivity index (χ3n) is 6.46. The molecule has 0 amide bonds. The lowest BCUT2D eigenvalue weighted by atomic mass is 9.40. The minimum atomic E-state index is 0.388. The summed E-state index contributed by atoms with van der Waals surface area (Å²) in [6.07, 6.45) is 9.52. The Morgan fingerprint density at radius 2 is 1.81 bits per heavy atom. The van der Waals surface area contributed by atoms with Gasteiger partial charge in [0.05, 0.1) is 0 Å². The van der Waals surface area contributed by atoms with Gasteiger partial charge in [-0.1, -0.05) is 6.92 Å². The Labute approximate surface area is 98.0 Å². The van der Waals surface area contributed by atoms with Crippen LogP contribution in [-0.2, 0) is 4.79 Å². The molecule has 4 atom stereocenters. The number of carbonyl (C=O) groups is 1. The molecular formula is C15H22O. The Hall–Kier alpha value is -0.330. The first-order valence-electron chi connectivity index (χ1n) is 7.21. The van der Waals surface area contributed by atoms with Gasteiger partial charge in [-0.2, -0.15) is 0 Å². The van der Waals surface area contributed by atoms with Crippen LogP contribution < -0.4 is 0 Å². The van der Waals surface area contributed by atoms with Crippen LogP contribution >= 0.6 is 0 Å². The molecule has 0 N–H and O–H groups in total. The summed E-state index contributed by atoms with van der Waals surface area (Å²) in [5, 5.41) is 0. The van der Waals surface area contributed by atoms with Crippen LogP contribution in [0.1, 0.15) is 51.9 Å². The van der Waals surface area contributed by atoms with E-state index in [0.29, 0.717) is 17.1 Å². The summed E-state index contributed by atoms with van der Waals surface area (Å²) >= 11 is 0. The quantitative estimate of drug-likeness (QED) is 0.609. The molecule has 0 heterocycles. The van der Waals surface area contributed by atoms with Crippen molar-refractivity contribution in [2.75, 3.05) is 0 Å². The summed E-state index contributed by atoms with van der Waals surface area (Å²) < 4.78 is 0. The van der Waals surface area contributed by atoms with Crippen LogP contribution in [-0.4, -0.2) is 5.78 Å². The van der Waals surface area contributed by atoms with Crippen LogP contribution in [0.2, 0.25) is 0 Å². The van der Waals surface area contributed by atoms with Crippen LogP contribution in [0.5, 0.6) is 0 Å². The zero-order valence-electron chi connectivity index (χ0n) is 10.2. The van der Waals surface area contributed by atoms with Crippen molar-refractivity contribution in [3.63, 3.8) is 0 Å². The minimum Gasteiger partial charge on any atom is -0.299 e. The van der Waals surface area contributed by atoms with Gasteiger partial charge in [0, 0.05) is 12.3 Å². The van der Waals surface area contributed by atoms with E-state index in [1.807, 2.05) is 0 Å². The second kappa shape index (κ2) is 2.91. The van der Waals surface area contributed by atoms with Crippen molar-refractivity contribution in [1.29, 1.82) is 0 Å². The molecule has 4 unspecified atom stereocenters. The van der Waals surface area contributed by atoms with Crippen molar-refractivity contribution in [3.05, 3.63) is 0 Å². The summed E-state index contributed by atoms with van der Waals surface area (Å²) in [6.45, 7) is 2.23. The van der Waals surface area contributed by atoms with E-state index in [2.05, 4.69) is 6.92 Å². The summed E-state index contributed by atoms with van der Waals surface area (Å²) in [6, 6.07) is 0. The number of Topliss-reactive ketones (excluding diaryl/α,β-unsaturated/α-hetero) is 1. The molecule has 1 spiro atoms. The summed E-state index contributed by atoms with van der Waals surface area (Å²) in [5.41, 5.74) is 0.627. The van der Waals surface area contributed by atoms with Gasteiger partial charge in [-0.15, -0.1) is 0 Å². The first-order chi connectivity index (χ1) is 7.68. The number of rotatable bonds is 0. The van der Waals surface area contributed by atoms with Gasteiger partial charge in [-0.25, -0.2) is 0 Å². The molecule has 4 bridgehead atoms. The Morgan fingerprint density at radius 3 is 2.50 bits per heavy atom. The summed E-state index contributed by atoms with van der Waals surface area (Å²) in [4.78, 5) is 12.0. The Morgan fingerprint density at radius 1 is 1.12 bits per heavy atom. The average molecular weight is 218 g/mol. The number of hydrogen-bond donors (Lipinski definition) is 0. The van der Waals surface area contributed by atoms with Gasteiger partial charge in [-0.05, 0) is 67.6 Å². The standard InChI is InChI=1S/C15H22O/c1-9-13(16)2-3-15-7-10-4-11(8-15)6-12(5-10)14(9)15/h9-12,14H,2-8H2,1H3. The van der Waals surface area contributed by atoms with Gasteiger partial charge in [-0.3, -0.25) is 4.79 Å². The maximum atomic E-state index is 12.0. The number of ketones is 1. The predicted octanol–water partition coefficient (Wildman–Crippen LogP) is 3.43. The smallest absolute Gasteiger partial charge is 0.136 e. The molecule has 0 aromatic rings. The van der Waals surface area contributed by atoms with Crippen LogP contribution in [0.25, 0.3) is 0 Å². The lowest BCUT2D eigenvalue weighted by Gasteiger charge is -2.64. The zero-order valence-corrected chi connectivity index (χ0v) is 10.2. The first-order valence-corrected chi connectivity index (χ1v) is 7.21. The molecule has 1 nitrogen and oxygen atoms in total.